The van der Waals surface area contributed by atoms with Gasteiger partial charge >= 0.3 is 0 Å². The SMILES string of the molecule is NC(=O)c1ccc(S(=O)(=O)N2CCN(C(=O)C=Cc3cccc(Oc4ccccc4)c3)CC2)cc1. The second-order valence-corrected chi connectivity index (χ2v) is 9.88. The summed E-state index contributed by atoms with van der Waals surface area (Å²) < 4.78 is 33.0. The van der Waals surface area contributed by atoms with Gasteiger partial charge in [-0.1, -0.05) is 30.3 Å². The van der Waals surface area contributed by atoms with E-state index in [2.05, 4.69) is 0 Å². The molecule has 3 aromatic carbocycles. The van der Waals surface area contributed by atoms with E-state index in [0.717, 1.165) is 11.3 Å². The van der Waals surface area contributed by atoms with Gasteiger partial charge in [-0.05, 0) is 60.2 Å². The number of amides is 2. The Morgan fingerprint density at radius 3 is 2.14 bits per heavy atom. The molecular weight excluding hydrogens is 466 g/mol. The molecule has 4 rings (SSSR count). The molecule has 3 aromatic rings. The molecule has 0 bridgehead atoms. The van der Waals surface area contributed by atoms with Crippen LogP contribution in [-0.2, 0) is 14.8 Å². The third-order valence-electron chi connectivity index (χ3n) is 5.58. The molecule has 0 aliphatic carbocycles. The maximum atomic E-state index is 12.9. The number of ether oxygens (including phenoxy) is 1. The average molecular weight is 492 g/mol. The zero-order valence-electron chi connectivity index (χ0n) is 18.9. The summed E-state index contributed by atoms with van der Waals surface area (Å²) in [5.41, 5.74) is 6.26. The van der Waals surface area contributed by atoms with Crippen LogP contribution in [-0.4, -0.2) is 55.6 Å². The molecule has 0 aromatic heterocycles. The van der Waals surface area contributed by atoms with Crippen molar-refractivity contribution in [2.24, 2.45) is 5.73 Å². The van der Waals surface area contributed by atoms with Crippen molar-refractivity contribution in [3.8, 4) is 11.5 Å². The zero-order chi connectivity index (χ0) is 24.8. The Balaban J connectivity index is 1.34. The molecule has 0 atom stereocenters. The van der Waals surface area contributed by atoms with Crippen LogP contribution in [0.3, 0.4) is 0 Å². The first-order valence-electron chi connectivity index (χ1n) is 11.0. The number of benzene rings is 3. The lowest BCUT2D eigenvalue weighted by atomic mass is 10.2. The molecule has 0 unspecified atom stereocenters. The van der Waals surface area contributed by atoms with E-state index in [1.165, 1.54) is 34.6 Å². The van der Waals surface area contributed by atoms with Crippen molar-refractivity contribution in [3.63, 3.8) is 0 Å². The van der Waals surface area contributed by atoms with Crippen molar-refractivity contribution in [2.45, 2.75) is 4.90 Å². The Morgan fingerprint density at radius 1 is 0.829 bits per heavy atom. The fraction of sp³-hybridized carbons (Fsp3) is 0.154. The first-order chi connectivity index (χ1) is 16.8. The van der Waals surface area contributed by atoms with Crippen LogP contribution in [0.4, 0.5) is 0 Å². The lowest BCUT2D eigenvalue weighted by Crippen LogP contribution is -2.50. The standard InChI is InChI=1S/C26H25N3O5S/c27-26(31)21-10-12-24(13-11-21)35(32,33)29-17-15-28(16-18-29)25(30)14-9-20-5-4-8-23(19-20)34-22-6-2-1-3-7-22/h1-14,19H,15-18H2,(H2,27,31). The quantitative estimate of drug-likeness (QED) is 0.511. The molecule has 1 aliphatic heterocycles. The summed E-state index contributed by atoms with van der Waals surface area (Å²) in [6.45, 7) is 0.914. The second kappa shape index (κ2) is 10.5. The molecule has 0 saturated carbocycles. The number of nitrogens with two attached hydrogens (primary N) is 1. The lowest BCUT2D eigenvalue weighted by Gasteiger charge is -2.33. The maximum Gasteiger partial charge on any atom is 0.248 e. The van der Waals surface area contributed by atoms with Gasteiger partial charge < -0.3 is 15.4 Å². The highest BCUT2D eigenvalue weighted by Gasteiger charge is 2.29. The minimum Gasteiger partial charge on any atom is -0.457 e. The number of hydrogen-bond donors (Lipinski definition) is 1. The third-order valence-corrected chi connectivity index (χ3v) is 7.50. The zero-order valence-corrected chi connectivity index (χ0v) is 19.7. The number of primary amides is 1. The van der Waals surface area contributed by atoms with Crippen LogP contribution < -0.4 is 10.5 Å². The lowest BCUT2D eigenvalue weighted by molar-refractivity contribution is -0.127. The predicted octanol–water partition coefficient (Wildman–Crippen LogP) is 3.12. The number of carbonyl (C=O) groups excluding carboxylic acids is 2. The van der Waals surface area contributed by atoms with Gasteiger partial charge in [0, 0.05) is 37.8 Å². The smallest absolute Gasteiger partial charge is 0.248 e. The maximum absolute atomic E-state index is 12.9. The van der Waals surface area contributed by atoms with Crippen molar-refractivity contribution in [1.29, 1.82) is 0 Å². The van der Waals surface area contributed by atoms with Crippen molar-refractivity contribution >= 4 is 27.9 Å². The first-order valence-corrected chi connectivity index (χ1v) is 12.5. The number of sulfonamides is 1. The molecule has 1 fully saturated rings. The van der Waals surface area contributed by atoms with Gasteiger partial charge in [-0.3, -0.25) is 9.59 Å². The van der Waals surface area contributed by atoms with Gasteiger partial charge in [0.2, 0.25) is 21.8 Å². The molecule has 9 heteroatoms. The predicted molar refractivity (Wildman–Crippen MR) is 132 cm³/mol. The van der Waals surface area contributed by atoms with Crippen molar-refractivity contribution in [2.75, 3.05) is 26.2 Å². The summed E-state index contributed by atoms with van der Waals surface area (Å²) in [4.78, 5) is 25.6. The van der Waals surface area contributed by atoms with E-state index in [0.29, 0.717) is 5.75 Å². The summed E-state index contributed by atoms with van der Waals surface area (Å²) >= 11 is 0. The summed E-state index contributed by atoms with van der Waals surface area (Å²) in [6.07, 6.45) is 3.19. The largest absolute Gasteiger partial charge is 0.457 e. The Morgan fingerprint density at radius 2 is 1.49 bits per heavy atom. The molecule has 2 amide bonds. The highest BCUT2D eigenvalue weighted by atomic mass is 32.2. The van der Waals surface area contributed by atoms with Crippen LogP contribution in [0.25, 0.3) is 6.08 Å². The van der Waals surface area contributed by atoms with Crippen LogP contribution in [0.5, 0.6) is 11.5 Å². The van der Waals surface area contributed by atoms with E-state index < -0.39 is 15.9 Å². The Bertz CT molecular complexity index is 1330. The highest BCUT2D eigenvalue weighted by Crippen LogP contribution is 2.23. The molecule has 180 valence electrons. The summed E-state index contributed by atoms with van der Waals surface area (Å²) in [7, 11) is -3.73. The van der Waals surface area contributed by atoms with E-state index in [-0.39, 0.29) is 42.5 Å². The monoisotopic (exact) mass is 491 g/mol. The molecule has 1 aliphatic rings. The number of nitrogens with zero attached hydrogens (tertiary/aromatic N) is 2. The number of rotatable bonds is 7. The van der Waals surface area contributed by atoms with Crippen molar-refractivity contribution < 1.29 is 22.7 Å². The Kier molecular flexibility index (Phi) is 7.28. The van der Waals surface area contributed by atoms with Gasteiger partial charge in [-0.15, -0.1) is 0 Å². The van der Waals surface area contributed by atoms with E-state index in [1.807, 2.05) is 54.6 Å². The Hall–Kier alpha value is -3.95. The van der Waals surface area contributed by atoms with Crippen molar-refractivity contribution in [3.05, 3.63) is 96.1 Å². The molecule has 1 heterocycles. The fourth-order valence-corrected chi connectivity index (χ4v) is 5.09. The second-order valence-electron chi connectivity index (χ2n) is 7.94. The molecule has 0 spiro atoms. The summed E-state index contributed by atoms with van der Waals surface area (Å²) in [5, 5.41) is 0. The highest BCUT2D eigenvalue weighted by molar-refractivity contribution is 7.89. The molecular formula is C26H25N3O5S. The number of carbonyl (C=O) groups is 2. The van der Waals surface area contributed by atoms with Gasteiger partial charge in [0.05, 0.1) is 4.90 Å². The van der Waals surface area contributed by atoms with Crippen LogP contribution in [0.2, 0.25) is 0 Å². The fourth-order valence-electron chi connectivity index (χ4n) is 3.67. The number of para-hydroxylation sites is 1. The van der Waals surface area contributed by atoms with E-state index >= 15 is 0 Å². The minimum absolute atomic E-state index is 0.0831. The molecule has 2 N–H and O–H groups in total. The van der Waals surface area contributed by atoms with E-state index in [4.69, 9.17) is 10.5 Å². The Labute approximate surface area is 204 Å². The first kappa shape index (κ1) is 24.2. The molecule has 35 heavy (non-hydrogen) atoms. The molecule has 8 nitrogen and oxygen atoms in total. The third kappa shape index (κ3) is 5.95. The van der Waals surface area contributed by atoms with Gasteiger partial charge in [0.25, 0.3) is 0 Å². The van der Waals surface area contributed by atoms with Crippen LogP contribution in [0, 0.1) is 0 Å². The van der Waals surface area contributed by atoms with Crippen molar-refractivity contribution in [1.82, 2.24) is 9.21 Å². The summed E-state index contributed by atoms with van der Waals surface area (Å²) in [6, 6.07) is 22.3. The van der Waals surface area contributed by atoms with Gasteiger partial charge in [-0.25, -0.2) is 8.42 Å². The van der Waals surface area contributed by atoms with Gasteiger partial charge in [0.1, 0.15) is 11.5 Å². The van der Waals surface area contributed by atoms with E-state index in [1.54, 1.807) is 11.0 Å². The average Bonchev–Trinajstić information content (AvgIpc) is 2.88. The van der Waals surface area contributed by atoms with Crippen LogP contribution >= 0.6 is 0 Å². The van der Waals surface area contributed by atoms with Gasteiger partial charge in [-0.2, -0.15) is 4.31 Å². The van der Waals surface area contributed by atoms with E-state index in [9.17, 15) is 18.0 Å². The van der Waals surface area contributed by atoms with Gasteiger partial charge in [0.15, 0.2) is 0 Å². The normalized spacial score (nSPS) is 14.7. The van der Waals surface area contributed by atoms with Crippen LogP contribution in [0.1, 0.15) is 15.9 Å². The number of piperazine rings is 1. The summed E-state index contributed by atoms with van der Waals surface area (Å²) in [5.74, 6) is 0.571. The number of hydrogen-bond acceptors (Lipinski definition) is 5. The van der Waals surface area contributed by atoms with Crippen LogP contribution in [0.15, 0.2) is 89.8 Å². The minimum atomic E-state index is -3.73. The molecule has 1 saturated heterocycles. The molecule has 0 radical (unpaired) electrons. The topological polar surface area (TPSA) is 110 Å².